The van der Waals surface area contributed by atoms with Crippen LogP contribution in [0.1, 0.15) is 69.4 Å². The monoisotopic (exact) mass is 671 g/mol. The van der Waals surface area contributed by atoms with E-state index in [4.69, 9.17) is 0 Å². The lowest BCUT2D eigenvalue weighted by Crippen LogP contribution is -2.10. The minimum Gasteiger partial charge on any atom is -0.308 e. The van der Waals surface area contributed by atoms with Crippen molar-refractivity contribution < 1.29 is 0 Å². The van der Waals surface area contributed by atoms with Gasteiger partial charge in [0, 0.05) is 21.5 Å². The lowest BCUT2D eigenvalue weighted by Gasteiger charge is -2.21. The Labute approximate surface area is 303 Å². The molecule has 0 aliphatic rings. The zero-order valence-electron chi connectivity index (χ0n) is 30.2. The van der Waals surface area contributed by atoms with Gasteiger partial charge in [0.05, 0.1) is 56.7 Å². The molecule has 0 radical (unpaired) electrons. The van der Waals surface area contributed by atoms with Gasteiger partial charge in [-0.2, -0.15) is 15.8 Å². The second kappa shape index (κ2) is 11.7. The predicted octanol–water partition coefficient (Wildman–Crippen LogP) is 11.8. The summed E-state index contributed by atoms with van der Waals surface area (Å²) in [7, 11) is 0. The highest BCUT2D eigenvalue weighted by Gasteiger charge is 2.25. The molecule has 0 atom stereocenters. The molecule has 8 aromatic rings. The van der Waals surface area contributed by atoms with Gasteiger partial charge in [-0.05, 0) is 99.8 Å². The van der Waals surface area contributed by atoms with Crippen molar-refractivity contribution in [3.8, 4) is 40.7 Å². The highest BCUT2D eigenvalue weighted by Crippen LogP contribution is 2.42. The molecule has 0 saturated heterocycles. The predicted molar refractivity (Wildman–Crippen MR) is 212 cm³/mol. The number of hydrogen-bond acceptors (Lipinski definition) is 3. The Hall–Kier alpha value is -6.61. The van der Waals surface area contributed by atoms with Gasteiger partial charge in [-0.1, -0.05) is 90.1 Å². The molecule has 0 fully saturated rings. The van der Waals surface area contributed by atoms with Gasteiger partial charge in [0.25, 0.3) is 0 Å². The number of nitrogens with zero attached hydrogens (tertiary/aromatic N) is 5. The Balaban J connectivity index is 1.55. The van der Waals surface area contributed by atoms with Gasteiger partial charge >= 0.3 is 0 Å². The molecule has 5 nitrogen and oxygen atoms in total. The molecular weight excluding hydrogens is 635 g/mol. The fraction of sp³-hybridized carbons (Fsp3) is 0.170. The Bertz CT molecular complexity index is 2710. The lowest BCUT2D eigenvalue weighted by atomic mass is 9.86. The Morgan fingerprint density at radius 3 is 1.23 bits per heavy atom. The van der Waals surface area contributed by atoms with Crippen molar-refractivity contribution >= 4 is 43.6 Å². The van der Waals surface area contributed by atoms with Crippen molar-refractivity contribution in [1.29, 1.82) is 15.8 Å². The summed E-state index contributed by atoms with van der Waals surface area (Å²) >= 11 is 0. The third-order valence-corrected chi connectivity index (χ3v) is 10.3. The molecular formula is C47H37N5. The Morgan fingerprint density at radius 1 is 0.423 bits per heavy atom. The summed E-state index contributed by atoms with van der Waals surface area (Å²) in [5.41, 5.74) is 10.6. The van der Waals surface area contributed by atoms with E-state index in [1.807, 2.05) is 36.4 Å². The van der Waals surface area contributed by atoms with Crippen LogP contribution in [0.3, 0.4) is 0 Å². The first-order chi connectivity index (χ1) is 24.9. The molecule has 0 amide bonds. The maximum Gasteiger partial charge on any atom is 0.104 e. The van der Waals surface area contributed by atoms with Gasteiger partial charge in [0.2, 0.25) is 0 Å². The minimum absolute atomic E-state index is 0.0457. The van der Waals surface area contributed by atoms with E-state index in [9.17, 15) is 15.8 Å². The molecule has 0 bridgehead atoms. The van der Waals surface area contributed by atoms with Crippen molar-refractivity contribution in [1.82, 2.24) is 9.13 Å². The van der Waals surface area contributed by atoms with Crippen molar-refractivity contribution in [3.05, 3.63) is 143 Å². The molecule has 2 aromatic heterocycles. The van der Waals surface area contributed by atoms with Crippen LogP contribution in [0.2, 0.25) is 0 Å². The third-order valence-electron chi connectivity index (χ3n) is 10.3. The maximum atomic E-state index is 11.2. The fourth-order valence-corrected chi connectivity index (χ4v) is 7.57. The molecule has 0 N–H and O–H groups in total. The van der Waals surface area contributed by atoms with Crippen molar-refractivity contribution in [2.45, 2.75) is 52.4 Å². The molecule has 0 aliphatic heterocycles. The normalized spacial score (nSPS) is 12.0. The smallest absolute Gasteiger partial charge is 0.104 e. The SMILES string of the molecule is CC(C)(C)c1ccc2c(c1)c1ccccc1n2-c1cc(-c2cc(C#N)cc(C#N)c2)cc(-n2c3ccccc3c3cc(C(C)(C)C)ccc32)c1C#N. The van der Waals surface area contributed by atoms with E-state index in [1.165, 1.54) is 11.1 Å². The first-order valence-corrected chi connectivity index (χ1v) is 17.5. The molecule has 8 rings (SSSR count). The highest BCUT2D eigenvalue weighted by molar-refractivity contribution is 6.11. The van der Waals surface area contributed by atoms with Gasteiger partial charge in [-0.15, -0.1) is 0 Å². The van der Waals surface area contributed by atoms with Crippen LogP contribution in [0, 0.1) is 34.0 Å². The fourth-order valence-electron chi connectivity index (χ4n) is 7.57. The van der Waals surface area contributed by atoms with Crippen molar-refractivity contribution in [2.75, 3.05) is 0 Å². The van der Waals surface area contributed by atoms with E-state index in [0.717, 1.165) is 66.1 Å². The maximum absolute atomic E-state index is 11.2. The average molecular weight is 672 g/mol. The summed E-state index contributed by atoms with van der Waals surface area (Å²) in [5.74, 6) is 0. The summed E-state index contributed by atoms with van der Waals surface area (Å²) in [4.78, 5) is 0. The summed E-state index contributed by atoms with van der Waals surface area (Å²) < 4.78 is 4.40. The average Bonchev–Trinajstić information content (AvgIpc) is 3.65. The van der Waals surface area contributed by atoms with E-state index >= 15 is 0 Å². The van der Waals surface area contributed by atoms with Crippen molar-refractivity contribution in [2.24, 2.45) is 0 Å². The number of fused-ring (bicyclic) bond motifs is 6. The summed E-state index contributed by atoms with van der Waals surface area (Å²) in [6.45, 7) is 13.3. The van der Waals surface area contributed by atoms with E-state index in [0.29, 0.717) is 16.7 Å². The third kappa shape index (κ3) is 5.12. The highest BCUT2D eigenvalue weighted by atomic mass is 15.0. The topological polar surface area (TPSA) is 81.2 Å². The van der Waals surface area contributed by atoms with E-state index in [2.05, 4.69) is 142 Å². The van der Waals surface area contributed by atoms with Crippen LogP contribution in [0.4, 0.5) is 0 Å². The summed E-state index contributed by atoms with van der Waals surface area (Å²) in [5, 5.41) is 35.6. The quantitative estimate of drug-likeness (QED) is 0.187. The first-order valence-electron chi connectivity index (χ1n) is 17.5. The largest absolute Gasteiger partial charge is 0.308 e. The number of nitriles is 3. The number of benzene rings is 6. The van der Waals surface area contributed by atoms with Gasteiger partial charge in [-0.25, -0.2) is 0 Å². The Morgan fingerprint density at radius 2 is 0.827 bits per heavy atom. The molecule has 2 heterocycles. The summed E-state index contributed by atoms with van der Waals surface area (Å²) in [6, 6.07) is 46.4. The lowest BCUT2D eigenvalue weighted by molar-refractivity contribution is 0.591. The van der Waals surface area contributed by atoms with Crippen LogP contribution in [0.15, 0.2) is 115 Å². The van der Waals surface area contributed by atoms with Gasteiger partial charge in [0.15, 0.2) is 0 Å². The number of para-hydroxylation sites is 2. The zero-order chi connectivity index (χ0) is 36.5. The molecule has 0 aliphatic carbocycles. The molecule has 0 spiro atoms. The molecule has 5 heteroatoms. The summed E-state index contributed by atoms with van der Waals surface area (Å²) in [6.07, 6.45) is 0. The van der Waals surface area contributed by atoms with E-state index in [-0.39, 0.29) is 10.8 Å². The van der Waals surface area contributed by atoms with E-state index in [1.54, 1.807) is 6.07 Å². The molecule has 0 unspecified atom stereocenters. The second-order valence-electron chi connectivity index (χ2n) is 15.7. The minimum atomic E-state index is -0.0457. The first kappa shape index (κ1) is 32.6. The Kier molecular flexibility index (Phi) is 7.35. The van der Waals surface area contributed by atoms with Gasteiger partial charge in [-0.3, -0.25) is 0 Å². The van der Waals surface area contributed by atoms with Crippen LogP contribution in [-0.2, 0) is 10.8 Å². The number of hydrogen-bond donors (Lipinski definition) is 0. The number of rotatable bonds is 3. The van der Waals surface area contributed by atoms with Crippen LogP contribution in [-0.4, -0.2) is 9.13 Å². The van der Waals surface area contributed by atoms with Gasteiger partial charge < -0.3 is 9.13 Å². The zero-order valence-corrected chi connectivity index (χ0v) is 30.2. The molecule has 6 aromatic carbocycles. The van der Waals surface area contributed by atoms with Crippen LogP contribution in [0.5, 0.6) is 0 Å². The standard InChI is InChI=1S/C47H37N5/c1-46(2,3)33-15-17-42-37(24-33)35-11-7-9-13-40(35)51(42)44-22-32(31-20-29(26-48)19-30(21-31)27-49)23-45(39(44)28-50)52-41-14-10-8-12-36(41)38-25-34(47(4,5)6)16-18-43(38)52/h7-25H,1-6H3. The molecule has 52 heavy (non-hydrogen) atoms. The van der Waals surface area contributed by atoms with Crippen LogP contribution in [0.25, 0.3) is 66.1 Å². The molecule has 0 saturated carbocycles. The number of aromatic nitrogens is 2. The van der Waals surface area contributed by atoms with Gasteiger partial charge in [0.1, 0.15) is 11.6 Å². The van der Waals surface area contributed by atoms with Crippen molar-refractivity contribution in [3.63, 3.8) is 0 Å². The second-order valence-corrected chi connectivity index (χ2v) is 15.7. The molecule has 250 valence electrons. The van der Waals surface area contributed by atoms with E-state index < -0.39 is 0 Å². The van der Waals surface area contributed by atoms with Crippen LogP contribution >= 0.6 is 0 Å². The van der Waals surface area contributed by atoms with Crippen LogP contribution < -0.4 is 0 Å².